The number of halogens is 3. The number of ether oxygens (including phenoxy) is 1. The van der Waals surface area contributed by atoms with Crippen LogP contribution in [0.5, 0.6) is 0 Å². The van der Waals surface area contributed by atoms with Crippen LogP contribution in [0.25, 0.3) is 0 Å². The number of esters is 1. The highest BCUT2D eigenvalue weighted by Gasteiger charge is 2.58. The average Bonchev–Trinajstić information content (AvgIpc) is 2.72. The first-order chi connectivity index (χ1) is 6.39. The lowest BCUT2D eigenvalue weighted by molar-refractivity contribution is -0.153. The van der Waals surface area contributed by atoms with E-state index in [2.05, 4.69) is 4.74 Å². The summed E-state index contributed by atoms with van der Waals surface area (Å²) in [5.74, 6) is -2.99. The molecule has 0 amide bonds. The molecule has 14 heavy (non-hydrogen) atoms. The van der Waals surface area contributed by atoms with Crippen molar-refractivity contribution in [3.63, 3.8) is 0 Å². The maximum Gasteiger partial charge on any atom is 0.392 e. The lowest BCUT2D eigenvalue weighted by atomic mass is 10.1. The van der Waals surface area contributed by atoms with Gasteiger partial charge in [0, 0.05) is 11.6 Å². The second-order valence-electron chi connectivity index (χ2n) is 3.42. The van der Waals surface area contributed by atoms with Gasteiger partial charge in [0.25, 0.3) is 0 Å². The Hall–Kier alpha value is -1.04. The molecule has 1 unspecified atom stereocenters. The van der Waals surface area contributed by atoms with Crippen molar-refractivity contribution in [2.75, 3.05) is 0 Å². The van der Waals surface area contributed by atoms with Crippen LogP contribution >= 0.6 is 0 Å². The molecule has 0 spiro atoms. The summed E-state index contributed by atoms with van der Waals surface area (Å²) >= 11 is 0. The summed E-state index contributed by atoms with van der Waals surface area (Å²) in [5.41, 5.74) is 0.0531. The SMILES string of the molecule is O=C1C=C([C@@H]2C[C@H]2C(F)(F)F)C(O)O1. The molecule has 1 heterocycles. The van der Waals surface area contributed by atoms with Crippen LogP contribution in [0, 0.1) is 11.8 Å². The highest BCUT2D eigenvalue weighted by Crippen LogP contribution is 2.54. The third kappa shape index (κ3) is 1.50. The van der Waals surface area contributed by atoms with Crippen LogP contribution < -0.4 is 0 Å². The number of cyclic esters (lactones) is 1. The van der Waals surface area contributed by atoms with Crippen LogP contribution in [-0.2, 0) is 9.53 Å². The van der Waals surface area contributed by atoms with Gasteiger partial charge in [-0.2, -0.15) is 13.2 Å². The molecule has 1 saturated carbocycles. The molecule has 1 aliphatic carbocycles. The Balaban J connectivity index is 2.07. The molecule has 78 valence electrons. The molecule has 0 radical (unpaired) electrons. The Kier molecular flexibility index (Phi) is 1.85. The van der Waals surface area contributed by atoms with Gasteiger partial charge in [-0.15, -0.1) is 0 Å². The van der Waals surface area contributed by atoms with Crippen molar-refractivity contribution in [3.05, 3.63) is 11.6 Å². The van der Waals surface area contributed by atoms with E-state index in [1.54, 1.807) is 0 Å². The first kappa shape index (κ1) is 9.51. The molecule has 1 aliphatic heterocycles. The van der Waals surface area contributed by atoms with E-state index < -0.39 is 30.3 Å². The monoisotopic (exact) mass is 208 g/mol. The summed E-state index contributed by atoms with van der Waals surface area (Å²) in [7, 11) is 0. The zero-order valence-corrected chi connectivity index (χ0v) is 6.91. The predicted octanol–water partition coefficient (Wildman–Crippen LogP) is 0.986. The van der Waals surface area contributed by atoms with Crippen molar-refractivity contribution in [2.24, 2.45) is 11.8 Å². The molecule has 2 aliphatic rings. The fourth-order valence-electron chi connectivity index (χ4n) is 1.63. The molecular weight excluding hydrogens is 201 g/mol. The maximum atomic E-state index is 12.1. The first-order valence-electron chi connectivity index (χ1n) is 4.06. The highest BCUT2D eigenvalue weighted by atomic mass is 19.4. The van der Waals surface area contributed by atoms with Crippen LogP contribution in [-0.4, -0.2) is 23.5 Å². The van der Waals surface area contributed by atoms with Gasteiger partial charge in [-0.05, 0) is 12.3 Å². The molecule has 6 heteroatoms. The van der Waals surface area contributed by atoms with Crippen molar-refractivity contribution in [1.82, 2.24) is 0 Å². The first-order valence-corrected chi connectivity index (χ1v) is 4.06. The van der Waals surface area contributed by atoms with Gasteiger partial charge in [0.15, 0.2) is 0 Å². The number of alkyl halides is 3. The second kappa shape index (κ2) is 2.73. The van der Waals surface area contributed by atoms with Gasteiger partial charge in [0.2, 0.25) is 6.29 Å². The minimum Gasteiger partial charge on any atom is -0.429 e. The Morgan fingerprint density at radius 1 is 1.50 bits per heavy atom. The molecule has 0 aromatic carbocycles. The van der Waals surface area contributed by atoms with E-state index in [1.165, 1.54) is 0 Å². The van der Waals surface area contributed by atoms with Gasteiger partial charge in [-0.3, -0.25) is 0 Å². The Morgan fingerprint density at radius 2 is 2.14 bits per heavy atom. The van der Waals surface area contributed by atoms with E-state index in [4.69, 9.17) is 5.11 Å². The van der Waals surface area contributed by atoms with E-state index in [9.17, 15) is 18.0 Å². The number of carbonyl (C=O) groups excluding carboxylic acids is 1. The maximum absolute atomic E-state index is 12.1. The zero-order valence-electron chi connectivity index (χ0n) is 6.91. The summed E-state index contributed by atoms with van der Waals surface area (Å²) < 4.78 is 40.7. The summed E-state index contributed by atoms with van der Waals surface area (Å²) in [5, 5.41) is 9.07. The molecule has 3 atom stereocenters. The fourth-order valence-corrected chi connectivity index (χ4v) is 1.63. The van der Waals surface area contributed by atoms with Gasteiger partial charge in [-0.1, -0.05) is 0 Å². The summed E-state index contributed by atoms with van der Waals surface area (Å²) in [6.45, 7) is 0. The van der Waals surface area contributed by atoms with E-state index in [-0.39, 0.29) is 12.0 Å². The number of aliphatic hydroxyl groups excluding tert-OH is 1. The smallest absolute Gasteiger partial charge is 0.392 e. The van der Waals surface area contributed by atoms with Gasteiger partial charge in [0.1, 0.15) is 0 Å². The fraction of sp³-hybridized carbons (Fsp3) is 0.625. The van der Waals surface area contributed by atoms with Crippen LogP contribution in [0.3, 0.4) is 0 Å². The standard InChI is InChI=1S/C8H7F3O3/c9-8(10,11)5-1-3(5)4-2-6(12)14-7(4)13/h2-3,5,7,13H,1H2/t3-,5+,7?/m0/s1. The van der Waals surface area contributed by atoms with Crippen LogP contribution in [0.15, 0.2) is 11.6 Å². The molecule has 1 fully saturated rings. The molecule has 1 N–H and O–H groups in total. The third-order valence-corrected chi connectivity index (χ3v) is 2.44. The van der Waals surface area contributed by atoms with Crippen molar-refractivity contribution < 1.29 is 27.8 Å². The largest absolute Gasteiger partial charge is 0.429 e. The van der Waals surface area contributed by atoms with Gasteiger partial charge >= 0.3 is 12.1 Å². The van der Waals surface area contributed by atoms with Crippen molar-refractivity contribution in [2.45, 2.75) is 18.9 Å². The Morgan fingerprint density at radius 3 is 2.50 bits per heavy atom. The highest BCUT2D eigenvalue weighted by molar-refractivity contribution is 5.85. The van der Waals surface area contributed by atoms with E-state index in [0.29, 0.717) is 0 Å². The van der Waals surface area contributed by atoms with Crippen molar-refractivity contribution in [3.8, 4) is 0 Å². The quantitative estimate of drug-likeness (QED) is 0.653. The van der Waals surface area contributed by atoms with E-state index in [0.717, 1.165) is 6.08 Å². The Labute approximate surface area is 77.2 Å². The summed E-state index contributed by atoms with van der Waals surface area (Å²) in [6.07, 6.45) is -4.86. The van der Waals surface area contributed by atoms with E-state index in [1.807, 2.05) is 0 Å². The van der Waals surface area contributed by atoms with Gasteiger partial charge < -0.3 is 9.84 Å². The van der Waals surface area contributed by atoms with Crippen LogP contribution in [0.1, 0.15) is 6.42 Å². The zero-order chi connectivity index (χ0) is 10.5. The molecule has 0 aromatic heterocycles. The van der Waals surface area contributed by atoms with Gasteiger partial charge in [-0.25, -0.2) is 4.79 Å². The van der Waals surface area contributed by atoms with Crippen LogP contribution in [0.2, 0.25) is 0 Å². The Bertz CT molecular complexity index is 307. The number of rotatable bonds is 1. The second-order valence-corrected chi connectivity index (χ2v) is 3.42. The average molecular weight is 208 g/mol. The van der Waals surface area contributed by atoms with Crippen LogP contribution in [0.4, 0.5) is 13.2 Å². The number of hydrogen-bond acceptors (Lipinski definition) is 3. The summed E-state index contributed by atoms with van der Waals surface area (Å²) in [4.78, 5) is 10.6. The molecule has 0 saturated heterocycles. The predicted molar refractivity (Wildman–Crippen MR) is 37.8 cm³/mol. The minimum absolute atomic E-state index is 0.0531. The number of hydrogen-bond donors (Lipinski definition) is 1. The molecular formula is C8H7F3O3. The third-order valence-electron chi connectivity index (χ3n) is 2.44. The van der Waals surface area contributed by atoms with Gasteiger partial charge in [0.05, 0.1) is 5.92 Å². The normalized spacial score (nSPS) is 36.7. The van der Waals surface area contributed by atoms with E-state index >= 15 is 0 Å². The van der Waals surface area contributed by atoms with Crippen molar-refractivity contribution >= 4 is 5.97 Å². The number of carbonyl (C=O) groups is 1. The molecule has 0 bridgehead atoms. The lowest BCUT2D eigenvalue weighted by Gasteiger charge is -2.08. The number of aliphatic hydroxyl groups is 1. The van der Waals surface area contributed by atoms with Crippen molar-refractivity contribution in [1.29, 1.82) is 0 Å². The minimum atomic E-state index is -4.25. The summed E-state index contributed by atoms with van der Waals surface area (Å²) in [6, 6.07) is 0. The lowest BCUT2D eigenvalue weighted by Crippen LogP contribution is -2.16. The topological polar surface area (TPSA) is 46.5 Å². The molecule has 0 aromatic rings. The molecule has 3 nitrogen and oxygen atoms in total. The molecule has 2 rings (SSSR count).